The highest BCUT2D eigenvalue weighted by atomic mass is 16.5. The summed E-state index contributed by atoms with van der Waals surface area (Å²) in [5, 5.41) is 3.52. The number of pyridine rings is 1. The third-order valence-corrected chi connectivity index (χ3v) is 3.24. The minimum absolute atomic E-state index is 0.0869. The van der Waals surface area contributed by atoms with Crippen LogP contribution in [-0.2, 0) is 6.54 Å². The predicted octanol–water partition coefficient (Wildman–Crippen LogP) is 4.15. The fraction of sp³-hybridized carbons (Fsp3) is 0.706. The van der Waals surface area contributed by atoms with E-state index >= 15 is 0 Å². The number of aromatic nitrogens is 1. The van der Waals surface area contributed by atoms with Crippen molar-refractivity contribution < 1.29 is 4.74 Å². The van der Waals surface area contributed by atoms with Crippen LogP contribution in [0.25, 0.3) is 0 Å². The van der Waals surface area contributed by atoms with E-state index in [1.807, 2.05) is 6.92 Å². The zero-order valence-corrected chi connectivity index (χ0v) is 14.1. The Bertz CT molecular complexity index is 435. The van der Waals surface area contributed by atoms with Crippen LogP contribution in [0, 0.1) is 13.8 Å². The van der Waals surface area contributed by atoms with Crippen molar-refractivity contribution in [2.45, 2.75) is 79.5 Å². The first-order chi connectivity index (χ1) is 9.23. The Morgan fingerprint density at radius 3 is 2.50 bits per heavy atom. The summed E-state index contributed by atoms with van der Waals surface area (Å²) in [5.41, 5.74) is 3.52. The summed E-state index contributed by atoms with van der Waals surface area (Å²) in [6.07, 6.45) is 2.39. The van der Waals surface area contributed by atoms with Gasteiger partial charge in [0.1, 0.15) is 0 Å². The van der Waals surface area contributed by atoms with E-state index in [4.69, 9.17) is 4.74 Å². The van der Waals surface area contributed by atoms with Crippen LogP contribution in [-0.4, -0.2) is 16.6 Å². The summed E-state index contributed by atoms with van der Waals surface area (Å²) in [4.78, 5) is 4.59. The van der Waals surface area contributed by atoms with E-state index < -0.39 is 0 Å². The molecule has 1 N–H and O–H groups in total. The molecule has 0 aromatic carbocycles. The van der Waals surface area contributed by atoms with Crippen LogP contribution in [0.3, 0.4) is 0 Å². The zero-order valence-electron chi connectivity index (χ0n) is 14.1. The van der Waals surface area contributed by atoms with Gasteiger partial charge in [0.15, 0.2) is 0 Å². The molecule has 0 saturated heterocycles. The molecule has 0 amide bonds. The van der Waals surface area contributed by atoms with Crippen molar-refractivity contribution >= 4 is 0 Å². The minimum Gasteiger partial charge on any atom is -0.474 e. The second-order valence-electron chi connectivity index (χ2n) is 6.68. The summed E-state index contributed by atoms with van der Waals surface area (Å²) in [6, 6.07) is 2.12. The second-order valence-corrected chi connectivity index (χ2v) is 6.68. The fourth-order valence-corrected chi connectivity index (χ4v) is 2.15. The first kappa shape index (κ1) is 17.0. The van der Waals surface area contributed by atoms with Crippen LogP contribution in [0.1, 0.15) is 64.3 Å². The molecule has 1 unspecified atom stereocenters. The molecule has 0 aliphatic rings. The molecule has 114 valence electrons. The molecule has 3 nitrogen and oxygen atoms in total. The Hall–Kier alpha value is -1.09. The summed E-state index contributed by atoms with van der Waals surface area (Å²) in [7, 11) is 0. The maximum atomic E-state index is 6.06. The first-order valence-corrected chi connectivity index (χ1v) is 7.61. The van der Waals surface area contributed by atoms with Crippen molar-refractivity contribution in [3.05, 3.63) is 22.9 Å². The molecule has 20 heavy (non-hydrogen) atoms. The molecule has 3 heteroatoms. The molecule has 0 fully saturated rings. The van der Waals surface area contributed by atoms with E-state index in [1.54, 1.807) is 0 Å². The standard InChI is InChI=1S/C17H30N2O/c1-8-9-14(4)20-16-15(11-18-17(5,6)7)12(2)10-13(3)19-16/h10,14,18H,8-9,11H2,1-7H3. The number of nitrogens with zero attached hydrogens (tertiary/aromatic N) is 1. The second kappa shape index (κ2) is 7.07. The highest BCUT2D eigenvalue weighted by molar-refractivity contribution is 5.36. The molecule has 0 aliphatic heterocycles. The van der Waals surface area contributed by atoms with Crippen LogP contribution in [0.5, 0.6) is 5.88 Å². The third kappa shape index (κ3) is 5.49. The van der Waals surface area contributed by atoms with Crippen molar-refractivity contribution in [3.63, 3.8) is 0 Å². The number of nitrogens with one attached hydrogen (secondary N) is 1. The van der Waals surface area contributed by atoms with Gasteiger partial charge in [-0.3, -0.25) is 0 Å². The SMILES string of the molecule is CCCC(C)Oc1nc(C)cc(C)c1CNC(C)(C)C. The van der Waals surface area contributed by atoms with E-state index in [-0.39, 0.29) is 11.6 Å². The van der Waals surface area contributed by atoms with E-state index in [1.165, 1.54) is 11.1 Å². The van der Waals surface area contributed by atoms with Crippen molar-refractivity contribution in [2.75, 3.05) is 0 Å². The Labute approximate surface area is 124 Å². The smallest absolute Gasteiger partial charge is 0.218 e. The molecule has 1 aromatic heterocycles. The first-order valence-electron chi connectivity index (χ1n) is 7.61. The Morgan fingerprint density at radius 2 is 1.95 bits per heavy atom. The van der Waals surface area contributed by atoms with Gasteiger partial charge in [0.25, 0.3) is 0 Å². The molecule has 0 saturated carbocycles. The lowest BCUT2D eigenvalue weighted by Gasteiger charge is -2.23. The average molecular weight is 278 g/mol. The largest absolute Gasteiger partial charge is 0.474 e. The van der Waals surface area contributed by atoms with Crippen molar-refractivity contribution in [3.8, 4) is 5.88 Å². The molecule has 0 bridgehead atoms. The van der Waals surface area contributed by atoms with Gasteiger partial charge in [-0.05, 0) is 59.6 Å². The van der Waals surface area contributed by atoms with Crippen LogP contribution in [0.4, 0.5) is 0 Å². The number of rotatable bonds is 6. The molecule has 1 heterocycles. The van der Waals surface area contributed by atoms with Gasteiger partial charge >= 0.3 is 0 Å². The summed E-state index contributed by atoms with van der Waals surface area (Å²) < 4.78 is 6.06. The van der Waals surface area contributed by atoms with Crippen molar-refractivity contribution in [1.29, 1.82) is 0 Å². The molecule has 1 aromatic rings. The van der Waals surface area contributed by atoms with Crippen molar-refractivity contribution in [2.24, 2.45) is 0 Å². The lowest BCUT2D eigenvalue weighted by atomic mass is 10.1. The molecule has 0 radical (unpaired) electrons. The number of aryl methyl sites for hydroxylation is 2. The zero-order chi connectivity index (χ0) is 15.3. The molecule has 0 aliphatic carbocycles. The summed E-state index contributed by atoms with van der Waals surface area (Å²) in [5.74, 6) is 0.792. The monoisotopic (exact) mass is 278 g/mol. The third-order valence-electron chi connectivity index (χ3n) is 3.24. The summed E-state index contributed by atoms with van der Waals surface area (Å²) >= 11 is 0. The average Bonchev–Trinajstić information content (AvgIpc) is 2.26. The molecule has 1 rings (SSSR count). The van der Waals surface area contributed by atoms with E-state index in [9.17, 15) is 0 Å². The Morgan fingerprint density at radius 1 is 1.30 bits per heavy atom. The Balaban J connectivity index is 2.95. The van der Waals surface area contributed by atoms with E-state index in [0.717, 1.165) is 31.0 Å². The molecular weight excluding hydrogens is 248 g/mol. The lowest BCUT2D eigenvalue weighted by molar-refractivity contribution is 0.198. The Kier molecular flexibility index (Phi) is 6.00. The van der Waals surface area contributed by atoms with Gasteiger partial charge in [-0.15, -0.1) is 0 Å². The van der Waals surface area contributed by atoms with Crippen molar-refractivity contribution in [1.82, 2.24) is 10.3 Å². The van der Waals surface area contributed by atoms with Gasteiger partial charge in [0, 0.05) is 23.3 Å². The maximum Gasteiger partial charge on any atom is 0.218 e. The van der Waals surface area contributed by atoms with Gasteiger partial charge in [-0.1, -0.05) is 13.3 Å². The predicted molar refractivity (Wildman–Crippen MR) is 85.3 cm³/mol. The molecule has 0 spiro atoms. The van der Waals surface area contributed by atoms with Gasteiger partial charge in [-0.2, -0.15) is 0 Å². The molecule has 1 atom stereocenters. The highest BCUT2D eigenvalue weighted by Gasteiger charge is 2.16. The van der Waals surface area contributed by atoms with Crippen LogP contribution < -0.4 is 10.1 Å². The number of hydrogen-bond donors (Lipinski definition) is 1. The topological polar surface area (TPSA) is 34.1 Å². The lowest BCUT2D eigenvalue weighted by Crippen LogP contribution is -2.35. The van der Waals surface area contributed by atoms with Crippen LogP contribution in [0.15, 0.2) is 6.07 Å². The highest BCUT2D eigenvalue weighted by Crippen LogP contribution is 2.23. The van der Waals surface area contributed by atoms with E-state index in [0.29, 0.717) is 0 Å². The fourth-order valence-electron chi connectivity index (χ4n) is 2.15. The maximum absolute atomic E-state index is 6.06. The van der Waals surface area contributed by atoms with Gasteiger partial charge < -0.3 is 10.1 Å². The number of ether oxygens (including phenoxy) is 1. The van der Waals surface area contributed by atoms with Gasteiger partial charge in [-0.25, -0.2) is 4.98 Å². The van der Waals surface area contributed by atoms with Gasteiger partial charge in [0.2, 0.25) is 5.88 Å². The molecular formula is C17H30N2O. The van der Waals surface area contributed by atoms with E-state index in [2.05, 4.69) is 57.9 Å². The number of hydrogen-bond acceptors (Lipinski definition) is 3. The normalized spacial score (nSPS) is 13.3. The quantitative estimate of drug-likeness (QED) is 0.848. The van der Waals surface area contributed by atoms with Crippen LogP contribution >= 0.6 is 0 Å². The minimum atomic E-state index is 0.0869. The van der Waals surface area contributed by atoms with Gasteiger partial charge in [0.05, 0.1) is 6.10 Å². The van der Waals surface area contributed by atoms with Crippen LogP contribution in [0.2, 0.25) is 0 Å². The summed E-state index contributed by atoms with van der Waals surface area (Å²) in [6.45, 7) is 15.7.